The molecule has 1 atom stereocenters. The van der Waals surface area contributed by atoms with E-state index in [1.165, 1.54) is 12.1 Å². The quantitative estimate of drug-likeness (QED) is 0.324. The van der Waals surface area contributed by atoms with Crippen LogP contribution in [0.4, 0.5) is 21.6 Å². The molecule has 0 aliphatic carbocycles. The highest BCUT2D eigenvalue weighted by Gasteiger charge is 2.27. The molecule has 1 fully saturated rings. The Kier molecular flexibility index (Phi) is 6.42. The Labute approximate surface area is 219 Å². The number of carbonyl (C=O) groups is 1. The highest BCUT2D eigenvalue weighted by Crippen LogP contribution is 2.35. The molecule has 3 N–H and O–H groups in total. The van der Waals surface area contributed by atoms with E-state index in [1.807, 2.05) is 40.7 Å². The molecule has 0 spiro atoms. The van der Waals surface area contributed by atoms with Crippen LogP contribution in [0.1, 0.15) is 28.8 Å². The number of amides is 1. The fourth-order valence-electron chi connectivity index (χ4n) is 5.58. The second kappa shape index (κ2) is 10.0. The van der Waals surface area contributed by atoms with E-state index in [0.717, 1.165) is 55.0 Å². The minimum absolute atomic E-state index is 0.0696. The predicted octanol–water partition coefficient (Wildman–Crippen LogP) is 3.62. The number of rotatable bonds is 7. The highest BCUT2D eigenvalue weighted by atomic mass is 19.1. The fourth-order valence-corrected chi connectivity index (χ4v) is 5.58. The first-order valence-corrected chi connectivity index (χ1v) is 12.8. The van der Waals surface area contributed by atoms with Gasteiger partial charge in [0.2, 0.25) is 0 Å². The van der Waals surface area contributed by atoms with Gasteiger partial charge in [0.1, 0.15) is 17.3 Å². The Morgan fingerprint density at radius 2 is 2.11 bits per heavy atom. The van der Waals surface area contributed by atoms with Crippen molar-refractivity contribution in [1.82, 2.24) is 24.6 Å². The molecule has 38 heavy (non-hydrogen) atoms. The lowest BCUT2D eigenvalue weighted by Gasteiger charge is -2.35. The van der Waals surface area contributed by atoms with E-state index in [2.05, 4.69) is 31.6 Å². The fraction of sp³-hybridized carbons (Fsp3) is 0.321. The van der Waals surface area contributed by atoms with Crippen LogP contribution in [-0.2, 0) is 6.54 Å². The normalized spacial score (nSPS) is 17.2. The number of aromatic nitrogens is 3. The highest BCUT2D eigenvalue weighted by molar-refractivity contribution is 6.06. The van der Waals surface area contributed by atoms with Gasteiger partial charge in [-0.2, -0.15) is 0 Å². The van der Waals surface area contributed by atoms with Gasteiger partial charge in [-0.05, 0) is 55.6 Å². The Morgan fingerprint density at radius 1 is 1.21 bits per heavy atom. The van der Waals surface area contributed by atoms with Crippen molar-refractivity contribution in [2.75, 3.05) is 43.6 Å². The van der Waals surface area contributed by atoms with Gasteiger partial charge in [-0.1, -0.05) is 6.07 Å². The SMILES string of the molecule is CN(CO)CC1CCCN(c2ccc(Nc3ccc(-c4cnc5cc(F)ccn45)c4c3C(=O)NC4)nc2)C1. The lowest BCUT2D eigenvalue weighted by Crippen LogP contribution is -2.40. The zero-order chi connectivity index (χ0) is 26.2. The predicted molar refractivity (Wildman–Crippen MR) is 144 cm³/mol. The molecule has 6 rings (SSSR count). The first-order chi connectivity index (χ1) is 18.5. The maximum atomic E-state index is 13.7. The van der Waals surface area contributed by atoms with Crippen LogP contribution >= 0.6 is 0 Å². The number of imidazole rings is 1. The van der Waals surface area contributed by atoms with Gasteiger partial charge in [0.25, 0.3) is 5.91 Å². The summed E-state index contributed by atoms with van der Waals surface area (Å²) in [5, 5.41) is 15.6. The molecular weight excluding hydrogens is 485 g/mol. The number of piperidine rings is 1. The van der Waals surface area contributed by atoms with Gasteiger partial charge in [0.15, 0.2) is 0 Å². The van der Waals surface area contributed by atoms with Crippen LogP contribution in [-0.4, -0.2) is 63.7 Å². The summed E-state index contributed by atoms with van der Waals surface area (Å²) >= 11 is 0. The van der Waals surface area contributed by atoms with Gasteiger partial charge >= 0.3 is 0 Å². The summed E-state index contributed by atoms with van der Waals surface area (Å²) in [7, 11) is 1.93. The average Bonchev–Trinajstić information content (AvgIpc) is 3.53. The number of aliphatic hydroxyl groups excluding tert-OH is 1. The maximum absolute atomic E-state index is 13.7. The van der Waals surface area contributed by atoms with Gasteiger partial charge in [0, 0.05) is 44.0 Å². The van der Waals surface area contributed by atoms with Gasteiger partial charge in [-0.25, -0.2) is 14.4 Å². The summed E-state index contributed by atoms with van der Waals surface area (Å²) in [5.41, 5.74) is 5.38. The van der Waals surface area contributed by atoms with Crippen LogP contribution in [0.15, 0.2) is 55.0 Å². The maximum Gasteiger partial charge on any atom is 0.254 e. The van der Waals surface area contributed by atoms with Gasteiger partial charge < -0.3 is 20.6 Å². The first-order valence-electron chi connectivity index (χ1n) is 12.8. The monoisotopic (exact) mass is 515 g/mol. The van der Waals surface area contributed by atoms with Crippen LogP contribution < -0.4 is 15.5 Å². The third kappa shape index (κ3) is 4.57. The number of nitrogens with zero attached hydrogens (tertiary/aromatic N) is 5. The molecule has 0 radical (unpaired) electrons. The molecule has 2 aliphatic heterocycles. The van der Waals surface area contributed by atoms with E-state index in [9.17, 15) is 14.3 Å². The summed E-state index contributed by atoms with van der Waals surface area (Å²) in [4.78, 5) is 26.1. The number of anilines is 3. The second-order valence-corrected chi connectivity index (χ2v) is 10.1. The molecule has 10 heteroatoms. The minimum Gasteiger partial charge on any atom is -0.381 e. The molecule has 196 valence electrons. The lowest BCUT2D eigenvalue weighted by atomic mass is 9.97. The van der Waals surface area contributed by atoms with E-state index < -0.39 is 0 Å². The van der Waals surface area contributed by atoms with E-state index in [4.69, 9.17) is 0 Å². The number of halogens is 1. The van der Waals surface area contributed by atoms with Gasteiger partial charge in [-0.15, -0.1) is 0 Å². The molecule has 4 aromatic rings. The van der Waals surface area contributed by atoms with Crippen LogP contribution in [0.25, 0.3) is 16.9 Å². The number of pyridine rings is 2. The van der Waals surface area contributed by atoms with Crippen LogP contribution in [0, 0.1) is 11.7 Å². The Balaban J connectivity index is 1.23. The van der Waals surface area contributed by atoms with Crippen LogP contribution in [0.3, 0.4) is 0 Å². The van der Waals surface area contributed by atoms with E-state index in [0.29, 0.717) is 35.2 Å². The number of hydrogen-bond donors (Lipinski definition) is 3. The van der Waals surface area contributed by atoms with Crippen molar-refractivity contribution < 1.29 is 14.3 Å². The number of hydrogen-bond acceptors (Lipinski definition) is 7. The molecule has 1 saturated heterocycles. The first kappa shape index (κ1) is 24.3. The van der Waals surface area contributed by atoms with Crippen LogP contribution in [0.5, 0.6) is 0 Å². The standard InChI is InChI=1S/C28H30FN7O2/c1-34(17-37)15-18-3-2-9-35(16-18)20-4-7-25(30-12-20)33-23-6-5-21(22-13-32-28(38)27(22)23)24-14-31-26-11-19(29)8-10-36(24)26/h4-8,10-12,14,18,37H,2-3,9,13,15-17H2,1H3,(H,30,33)(H,32,38). The third-order valence-corrected chi connectivity index (χ3v) is 7.42. The number of carbonyl (C=O) groups excluding carboxylic acids is 1. The molecule has 2 aliphatic rings. The Bertz CT molecular complexity index is 1490. The molecule has 5 heterocycles. The van der Waals surface area contributed by atoms with Gasteiger partial charge in [0.05, 0.1) is 41.8 Å². The lowest BCUT2D eigenvalue weighted by molar-refractivity contribution is 0.0966. The summed E-state index contributed by atoms with van der Waals surface area (Å²) < 4.78 is 15.5. The summed E-state index contributed by atoms with van der Waals surface area (Å²) in [6.07, 6.45) is 7.49. The smallest absolute Gasteiger partial charge is 0.254 e. The summed E-state index contributed by atoms with van der Waals surface area (Å²) in [5.74, 6) is 0.671. The van der Waals surface area contributed by atoms with Crippen LogP contribution in [0.2, 0.25) is 0 Å². The molecule has 1 aromatic carbocycles. The molecule has 9 nitrogen and oxygen atoms in total. The van der Waals surface area contributed by atoms with E-state index in [-0.39, 0.29) is 18.5 Å². The Morgan fingerprint density at radius 3 is 2.92 bits per heavy atom. The summed E-state index contributed by atoms with van der Waals surface area (Å²) in [6.45, 7) is 3.26. The molecule has 3 aromatic heterocycles. The van der Waals surface area contributed by atoms with E-state index >= 15 is 0 Å². The van der Waals surface area contributed by atoms with Crippen molar-refractivity contribution in [1.29, 1.82) is 0 Å². The Hall–Kier alpha value is -4.02. The molecule has 1 amide bonds. The van der Waals surface area contributed by atoms with Crippen molar-refractivity contribution in [3.63, 3.8) is 0 Å². The zero-order valence-corrected chi connectivity index (χ0v) is 21.2. The zero-order valence-electron chi connectivity index (χ0n) is 21.2. The topological polar surface area (TPSA) is 98.0 Å². The minimum atomic E-state index is -0.343. The number of benzene rings is 1. The summed E-state index contributed by atoms with van der Waals surface area (Å²) in [6, 6.07) is 10.6. The van der Waals surface area contributed by atoms with Crippen molar-refractivity contribution in [3.8, 4) is 11.3 Å². The number of fused-ring (bicyclic) bond motifs is 2. The molecule has 0 bridgehead atoms. The van der Waals surface area contributed by atoms with Gasteiger partial charge in [-0.3, -0.25) is 14.1 Å². The van der Waals surface area contributed by atoms with E-state index in [1.54, 1.807) is 12.4 Å². The average molecular weight is 516 g/mol. The number of aliphatic hydroxyl groups is 1. The van der Waals surface area contributed by atoms with Crippen molar-refractivity contribution in [2.24, 2.45) is 5.92 Å². The largest absolute Gasteiger partial charge is 0.381 e. The van der Waals surface area contributed by atoms with Crippen molar-refractivity contribution in [2.45, 2.75) is 19.4 Å². The number of nitrogens with one attached hydrogen (secondary N) is 2. The third-order valence-electron chi connectivity index (χ3n) is 7.42. The molecule has 1 unspecified atom stereocenters. The molecular formula is C28H30FN7O2. The molecule has 0 saturated carbocycles. The van der Waals surface area contributed by atoms with Crippen molar-refractivity contribution in [3.05, 3.63) is 71.9 Å². The second-order valence-electron chi connectivity index (χ2n) is 10.1. The van der Waals surface area contributed by atoms with Crippen molar-refractivity contribution >= 4 is 28.7 Å².